The minimum atomic E-state index is -0.808. The first-order valence-corrected chi connectivity index (χ1v) is 10.0. The predicted molar refractivity (Wildman–Crippen MR) is 109 cm³/mol. The van der Waals surface area contributed by atoms with E-state index in [2.05, 4.69) is 6.58 Å². The number of rotatable bonds is 3. The van der Waals surface area contributed by atoms with Crippen LogP contribution >= 0.6 is 0 Å². The van der Waals surface area contributed by atoms with Gasteiger partial charge in [0.25, 0.3) is 0 Å². The number of ether oxygens (including phenoxy) is 3. The van der Waals surface area contributed by atoms with Gasteiger partial charge in [-0.3, -0.25) is 4.79 Å². The van der Waals surface area contributed by atoms with Crippen molar-refractivity contribution in [2.45, 2.75) is 45.0 Å². The Morgan fingerprint density at radius 1 is 1.00 bits per heavy atom. The number of Topliss-reactive ketones (excluding diaryl/α,β-unsaturated/α-hetero) is 1. The molecular weight excluding hydrogens is 400 g/mol. The number of fused-ring (bicyclic) bond motifs is 2. The van der Waals surface area contributed by atoms with Crippen LogP contribution in [0.1, 0.15) is 47.4 Å². The Labute approximate surface area is 179 Å². The summed E-state index contributed by atoms with van der Waals surface area (Å²) in [5.74, 6) is -2.33. The second-order valence-corrected chi connectivity index (χ2v) is 8.06. The molecule has 0 radical (unpaired) electrons. The summed E-state index contributed by atoms with van der Waals surface area (Å²) in [6, 6.07) is 6.17. The van der Waals surface area contributed by atoms with E-state index in [1.807, 2.05) is 6.92 Å². The Kier molecular flexibility index (Phi) is 5.35. The first-order valence-electron chi connectivity index (χ1n) is 10.0. The summed E-state index contributed by atoms with van der Waals surface area (Å²) in [6.07, 6.45) is 2.24. The van der Waals surface area contributed by atoms with Gasteiger partial charge in [0, 0.05) is 29.6 Å². The maximum absolute atomic E-state index is 12.8. The fourth-order valence-corrected chi connectivity index (χ4v) is 4.14. The number of esters is 3. The number of benzene rings is 1. The molecule has 0 spiro atoms. The zero-order valence-electron chi connectivity index (χ0n) is 17.3. The van der Waals surface area contributed by atoms with Crippen LogP contribution in [0, 0.1) is 5.92 Å². The van der Waals surface area contributed by atoms with Gasteiger partial charge in [0.05, 0.1) is 11.5 Å². The van der Waals surface area contributed by atoms with Crippen molar-refractivity contribution >= 4 is 23.7 Å². The topological polar surface area (TPSA) is 96.0 Å². The fourth-order valence-electron chi connectivity index (χ4n) is 4.14. The summed E-state index contributed by atoms with van der Waals surface area (Å²) in [5.41, 5.74) is 2.25. The first kappa shape index (κ1) is 20.8. The van der Waals surface area contributed by atoms with Crippen molar-refractivity contribution in [3.63, 3.8) is 0 Å². The maximum Gasteiger partial charge on any atom is 0.338 e. The van der Waals surface area contributed by atoms with Crippen molar-refractivity contribution in [3.05, 3.63) is 70.8 Å². The van der Waals surface area contributed by atoms with Gasteiger partial charge >= 0.3 is 17.9 Å². The predicted octanol–water partition coefficient (Wildman–Crippen LogP) is 3.10. The lowest BCUT2D eigenvalue weighted by atomic mass is 9.85. The number of carbonyl (C=O) groups is 4. The summed E-state index contributed by atoms with van der Waals surface area (Å²) in [6.45, 7) is 7.14. The Morgan fingerprint density at radius 3 is 2.35 bits per heavy atom. The fraction of sp³-hybridized carbons (Fsp3) is 0.333. The van der Waals surface area contributed by atoms with Crippen LogP contribution in [0.25, 0.3) is 0 Å². The van der Waals surface area contributed by atoms with Crippen molar-refractivity contribution in [1.29, 1.82) is 0 Å². The molecule has 1 aromatic carbocycles. The van der Waals surface area contributed by atoms with Gasteiger partial charge in [0.15, 0.2) is 5.78 Å². The van der Waals surface area contributed by atoms with Crippen LogP contribution in [0.3, 0.4) is 0 Å². The van der Waals surface area contributed by atoms with E-state index in [1.165, 1.54) is 19.1 Å². The Hall–Kier alpha value is -3.48. The average Bonchev–Trinajstić information content (AvgIpc) is 3.19. The van der Waals surface area contributed by atoms with E-state index in [-0.39, 0.29) is 23.3 Å². The molecule has 160 valence electrons. The minimum absolute atomic E-state index is 0.104. The summed E-state index contributed by atoms with van der Waals surface area (Å²) in [4.78, 5) is 48.7. The number of ketones is 1. The normalized spacial score (nSPS) is 29.2. The highest BCUT2D eigenvalue weighted by molar-refractivity contribution is 5.96. The van der Waals surface area contributed by atoms with Crippen molar-refractivity contribution in [2.75, 3.05) is 0 Å². The van der Waals surface area contributed by atoms with E-state index in [9.17, 15) is 19.2 Å². The van der Waals surface area contributed by atoms with Crippen LogP contribution in [0.2, 0.25) is 0 Å². The number of hydrogen-bond donors (Lipinski definition) is 0. The third-order valence-electron chi connectivity index (χ3n) is 5.75. The minimum Gasteiger partial charge on any atom is -0.458 e. The monoisotopic (exact) mass is 422 g/mol. The molecule has 2 heterocycles. The van der Waals surface area contributed by atoms with Gasteiger partial charge in [0.1, 0.15) is 18.3 Å². The number of carbonyl (C=O) groups excluding carboxylic acids is 4. The molecule has 2 bridgehead atoms. The SMILES string of the molecule is C=C1C(=O)O[C@H]2CC3=C[C@H](C/C(C)=C/[C@@H](OC(=O)c4ccc(C(C)=O)cc4)[C@H]12)OC3=O. The zero-order valence-corrected chi connectivity index (χ0v) is 17.3. The highest BCUT2D eigenvalue weighted by atomic mass is 16.6. The average molecular weight is 422 g/mol. The Balaban J connectivity index is 1.64. The second-order valence-electron chi connectivity index (χ2n) is 8.06. The standard InChI is InChI=1S/C24H22O7/c1-12-8-18-10-17(24(28)29-18)11-20-21(13(2)22(26)30-20)19(9-12)31-23(27)16-6-4-15(5-7-16)14(3)25/h4-7,9-10,18-21H,2,8,11H2,1,3H3/b12-9+/t18-,19+,20-,21-/m0/s1. The van der Waals surface area contributed by atoms with Crippen molar-refractivity contribution in [1.82, 2.24) is 0 Å². The lowest BCUT2D eigenvalue weighted by Gasteiger charge is -2.26. The Bertz CT molecular complexity index is 1040. The molecule has 1 aromatic rings. The maximum atomic E-state index is 12.8. The lowest BCUT2D eigenvalue weighted by Crippen LogP contribution is -2.33. The summed E-state index contributed by atoms with van der Waals surface area (Å²) in [7, 11) is 0. The molecule has 4 rings (SSSR count). The van der Waals surface area contributed by atoms with Crippen LogP contribution < -0.4 is 0 Å². The van der Waals surface area contributed by atoms with E-state index in [0.717, 1.165) is 5.57 Å². The molecular formula is C24H22O7. The van der Waals surface area contributed by atoms with E-state index in [4.69, 9.17) is 14.2 Å². The van der Waals surface area contributed by atoms with E-state index in [1.54, 1.807) is 24.3 Å². The van der Waals surface area contributed by atoms with Crippen LogP contribution in [0.4, 0.5) is 0 Å². The van der Waals surface area contributed by atoms with E-state index >= 15 is 0 Å². The van der Waals surface area contributed by atoms with E-state index < -0.39 is 42.1 Å². The largest absolute Gasteiger partial charge is 0.458 e. The highest BCUT2D eigenvalue weighted by Crippen LogP contribution is 2.38. The highest BCUT2D eigenvalue weighted by Gasteiger charge is 2.46. The molecule has 4 atom stereocenters. The molecule has 2 aliphatic heterocycles. The molecule has 0 N–H and O–H groups in total. The smallest absolute Gasteiger partial charge is 0.338 e. The zero-order chi connectivity index (χ0) is 22.3. The summed E-state index contributed by atoms with van der Waals surface area (Å²) in [5, 5.41) is 0. The van der Waals surface area contributed by atoms with Gasteiger partial charge < -0.3 is 14.2 Å². The molecule has 0 aromatic heterocycles. The van der Waals surface area contributed by atoms with E-state index in [0.29, 0.717) is 17.6 Å². The van der Waals surface area contributed by atoms with Gasteiger partial charge in [-0.1, -0.05) is 24.3 Å². The quantitative estimate of drug-likeness (QED) is 0.243. The van der Waals surface area contributed by atoms with Gasteiger partial charge in [-0.05, 0) is 38.1 Å². The van der Waals surface area contributed by atoms with Crippen molar-refractivity contribution in [2.24, 2.45) is 5.92 Å². The first-order chi connectivity index (χ1) is 14.7. The Morgan fingerprint density at radius 2 is 1.68 bits per heavy atom. The third-order valence-corrected chi connectivity index (χ3v) is 5.75. The molecule has 1 fully saturated rings. The van der Waals surface area contributed by atoms with Gasteiger partial charge in [0.2, 0.25) is 0 Å². The number of hydrogen-bond acceptors (Lipinski definition) is 7. The molecule has 1 aliphatic carbocycles. The van der Waals surface area contributed by atoms with Crippen LogP contribution in [0.15, 0.2) is 59.7 Å². The third kappa shape index (κ3) is 4.08. The molecule has 3 aliphatic rings. The van der Waals surface area contributed by atoms with Gasteiger partial charge in [-0.15, -0.1) is 0 Å². The molecule has 0 unspecified atom stereocenters. The summed E-state index contributed by atoms with van der Waals surface area (Å²) >= 11 is 0. The van der Waals surface area contributed by atoms with Gasteiger partial charge in [-0.2, -0.15) is 0 Å². The van der Waals surface area contributed by atoms with Crippen LogP contribution in [-0.2, 0) is 23.8 Å². The van der Waals surface area contributed by atoms with Gasteiger partial charge in [-0.25, -0.2) is 14.4 Å². The molecule has 1 saturated heterocycles. The molecule has 7 heteroatoms. The van der Waals surface area contributed by atoms with Crippen LogP contribution in [-0.4, -0.2) is 42.0 Å². The molecule has 7 nitrogen and oxygen atoms in total. The molecule has 0 amide bonds. The lowest BCUT2D eigenvalue weighted by molar-refractivity contribution is -0.142. The second kappa shape index (κ2) is 7.98. The van der Waals surface area contributed by atoms with Crippen molar-refractivity contribution < 1.29 is 33.4 Å². The molecule has 31 heavy (non-hydrogen) atoms. The summed E-state index contributed by atoms with van der Waals surface area (Å²) < 4.78 is 16.6. The van der Waals surface area contributed by atoms with Crippen LogP contribution in [0.5, 0.6) is 0 Å². The molecule has 0 saturated carbocycles. The van der Waals surface area contributed by atoms with Crippen molar-refractivity contribution in [3.8, 4) is 0 Å².